The van der Waals surface area contributed by atoms with Crippen molar-refractivity contribution in [3.05, 3.63) is 177 Å². The molecule has 103 heavy (non-hydrogen) atoms. The third-order valence-corrected chi connectivity index (χ3v) is 19.7. The minimum absolute atomic E-state index is 0.0132. The number of carboxylic acids is 1. The Bertz CT molecular complexity index is 4420. The predicted octanol–water partition coefficient (Wildman–Crippen LogP) is 12.7. The number of amides is 4. The largest absolute Gasteiger partial charge is 0.491 e. The fourth-order valence-electron chi connectivity index (χ4n) is 11.2. The number of rotatable bonds is 33. The zero-order valence-corrected chi connectivity index (χ0v) is 60.8. The maximum absolute atomic E-state index is 14.5. The highest BCUT2D eigenvalue weighted by Crippen LogP contribution is 2.50. The van der Waals surface area contributed by atoms with Gasteiger partial charge in [-0.05, 0) is 128 Å². The zero-order chi connectivity index (χ0) is 74.2. The summed E-state index contributed by atoms with van der Waals surface area (Å²) in [6.07, 6.45) is 1.22. The number of ether oxygens (including phenoxy) is 5. The fourth-order valence-corrected chi connectivity index (χ4v) is 13.2. The van der Waals surface area contributed by atoms with Crippen molar-refractivity contribution in [2.75, 3.05) is 57.8 Å². The number of piperazine rings is 1. The van der Waals surface area contributed by atoms with Crippen LogP contribution in [0.2, 0.25) is 5.02 Å². The van der Waals surface area contributed by atoms with Crippen LogP contribution in [0.25, 0.3) is 53.6 Å². The third kappa shape index (κ3) is 21.5. The minimum atomic E-state index is -4.26. The van der Waals surface area contributed by atoms with Gasteiger partial charge in [0, 0.05) is 90.5 Å². The molecule has 26 nitrogen and oxygen atoms in total. The number of carbonyl (C=O) groups is 5. The molecule has 6 N–H and O–H groups in total. The van der Waals surface area contributed by atoms with Gasteiger partial charge < -0.3 is 59.4 Å². The average Bonchev–Trinajstić information content (AvgIpc) is 1.61. The standard InChI is InChI=1S/C73H83ClFN12O14PS/c1-44(2)62(84-70(92)72(5,6)29-37-100-73(7,8)28-31-80-85-76)66(89)81-46(4)65(88)83-53-23-15-47(16-24-53)40-99-71(93)87-34-32-86(33-35-87)36-38-97-57-26-25-55(45(3)61(57)74)59-60-67(78-43-79-68(60)103-63(59)49-19-21-52(75)22-20-49)101-58(69(90)91)39-51-11-9-10-12-56(51)98-41-54-27-30-77-64(82-54)50-17-13-48(14-18-50)42-102(94,95)96/h9-27,30,43-44,46,58,62H,28-29,31-42H2,1-8H3,(H,81,89)(H,83,88)(H,84,92)(H,90,91)(H2,94,95,96)/t46-,58+,62-/m0/s1. The normalized spacial score (nSPS) is 13.7. The van der Waals surface area contributed by atoms with E-state index in [4.69, 9.17) is 40.8 Å². The van der Waals surface area contributed by atoms with Gasteiger partial charge >= 0.3 is 19.7 Å². The van der Waals surface area contributed by atoms with Crippen molar-refractivity contribution in [1.82, 2.24) is 40.4 Å². The van der Waals surface area contributed by atoms with Crippen LogP contribution in [0.3, 0.4) is 0 Å². The average molecular weight is 1470 g/mol. The smallest absolute Gasteiger partial charge is 0.410 e. The van der Waals surface area contributed by atoms with E-state index >= 15 is 0 Å². The summed E-state index contributed by atoms with van der Waals surface area (Å²) < 4.78 is 56.6. The van der Waals surface area contributed by atoms with E-state index < -0.39 is 72.7 Å². The third-order valence-electron chi connectivity index (χ3n) is 17.4. The quantitative estimate of drug-likeness (QED) is 0.00963. The van der Waals surface area contributed by atoms with Gasteiger partial charge in [0.1, 0.15) is 60.4 Å². The van der Waals surface area contributed by atoms with Gasteiger partial charge in [-0.15, -0.1) is 11.3 Å². The van der Waals surface area contributed by atoms with Crippen LogP contribution in [-0.2, 0) is 59.0 Å². The van der Waals surface area contributed by atoms with E-state index in [1.165, 1.54) is 29.8 Å². The van der Waals surface area contributed by atoms with Crippen molar-refractivity contribution >= 4 is 76.2 Å². The summed E-state index contributed by atoms with van der Waals surface area (Å²) in [5.74, 6) is -2.21. The first-order chi connectivity index (χ1) is 49.0. The highest BCUT2D eigenvalue weighted by molar-refractivity contribution is 7.50. The molecule has 9 rings (SSSR count). The molecule has 4 heterocycles. The van der Waals surface area contributed by atoms with E-state index in [-0.39, 0.29) is 57.1 Å². The summed E-state index contributed by atoms with van der Waals surface area (Å²) in [5.41, 5.74) is 12.9. The van der Waals surface area contributed by atoms with Crippen LogP contribution in [0, 0.1) is 24.1 Å². The number of nitrogens with one attached hydrogen (secondary N) is 3. The van der Waals surface area contributed by atoms with Crippen LogP contribution in [0.4, 0.5) is 14.9 Å². The summed E-state index contributed by atoms with van der Waals surface area (Å²) in [4.78, 5) is 111. The van der Waals surface area contributed by atoms with E-state index in [1.54, 1.807) is 143 Å². The summed E-state index contributed by atoms with van der Waals surface area (Å²) in [5, 5.41) is 23.4. The van der Waals surface area contributed by atoms with Gasteiger partial charge in [0.2, 0.25) is 29.7 Å². The van der Waals surface area contributed by atoms with Crippen molar-refractivity contribution in [2.45, 2.75) is 118 Å². The number of azide groups is 1. The molecular formula is C73H83ClFN12O14PS. The second-order valence-corrected chi connectivity index (χ2v) is 29.5. The molecule has 0 unspecified atom stereocenters. The highest BCUT2D eigenvalue weighted by Gasteiger charge is 2.35. The molecule has 5 aromatic carbocycles. The molecule has 544 valence electrons. The SMILES string of the molecule is Cc1c(-c2c(-c3ccc(F)cc3)sc3ncnc(O[C@H](Cc4ccccc4OCc4ccnc(-c5ccc(CP(=O)(O)O)cc5)n4)C(=O)O)c23)ccc(OCCN2CCN(C(=O)OCc3ccc(NC(=O)[C@H](C)NC(=O)[C@@H](NC(=O)C(C)(C)CCOC(C)(C)CCN=[N+]=[N-])C(C)C)cc3)CC2)c1Cl. The maximum atomic E-state index is 14.5. The Morgan fingerprint density at radius 2 is 1.50 bits per heavy atom. The number of nitrogens with zero attached hydrogens (tertiary/aromatic N) is 9. The van der Waals surface area contributed by atoms with E-state index in [2.05, 4.69) is 50.8 Å². The molecule has 1 saturated heterocycles. The second-order valence-electron chi connectivity index (χ2n) is 26.4. The van der Waals surface area contributed by atoms with Crippen molar-refractivity contribution in [3.63, 3.8) is 0 Å². The Kier molecular flexibility index (Phi) is 26.4. The van der Waals surface area contributed by atoms with E-state index in [0.29, 0.717) is 139 Å². The number of aromatic nitrogens is 4. The number of thiophene rings is 1. The lowest BCUT2D eigenvalue weighted by Crippen LogP contribution is -2.55. The Labute approximate surface area is 604 Å². The number of halogens is 2. The number of hydrogen-bond donors (Lipinski definition) is 6. The van der Waals surface area contributed by atoms with Gasteiger partial charge in [-0.3, -0.25) is 23.8 Å². The zero-order valence-electron chi connectivity index (χ0n) is 58.3. The molecule has 1 aliphatic heterocycles. The number of benzene rings is 5. The van der Waals surface area contributed by atoms with Crippen molar-refractivity contribution < 1.29 is 71.5 Å². The van der Waals surface area contributed by atoms with Crippen LogP contribution >= 0.6 is 30.5 Å². The van der Waals surface area contributed by atoms with Crippen LogP contribution in [0.1, 0.15) is 89.3 Å². The van der Waals surface area contributed by atoms with Crippen molar-refractivity contribution in [3.8, 4) is 50.3 Å². The molecule has 0 aliphatic carbocycles. The molecular weight excluding hydrogens is 1390 g/mol. The van der Waals surface area contributed by atoms with E-state index in [0.717, 1.165) is 0 Å². The summed E-state index contributed by atoms with van der Waals surface area (Å²) >= 11 is 8.47. The number of carboxylic acid groups (broad SMARTS) is 1. The van der Waals surface area contributed by atoms with Crippen molar-refractivity contribution in [1.29, 1.82) is 0 Å². The van der Waals surface area contributed by atoms with Gasteiger partial charge in [0.15, 0.2) is 5.82 Å². The molecule has 8 aromatic rings. The fraction of sp³-hybridized carbons (Fsp3) is 0.384. The Hall–Kier alpha value is -9.63. The Morgan fingerprint density at radius 1 is 0.806 bits per heavy atom. The second kappa shape index (κ2) is 35.0. The number of anilines is 1. The molecule has 4 amide bonds. The lowest BCUT2D eigenvalue weighted by molar-refractivity contribution is -0.145. The molecule has 30 heteroatoms. The van der Waals surface area contributed by atoms with Crippen LogP contribution in [-0.4, -0.2) is 151 Å². The number of carbonyl (C=O) groups excluding carboxylic acids is 4. The molecule has 3 atom stereocenters. The number of fused-ring (bicyclic) bond motifs is 1. The van der Waals surface area contributed by atoms with E-state index in [9.17, 15) is 47.8 Å². The predicted molar refractivity (Wildman–Crippen MR) is 388 cm³/mol. The Balaban J connectivity index is 0.763. The molecule has 1 aliphatic rings. The lowest BCUT2D eigenvalue weighted by Gasteiger charge is -2.34. The van der Waals surface area contributed by atoms with Gasteiger partial charge in [-0.2, -0.15) is 0 Å². The van der Waals surface area contributed by atoms with Gasteiger partial charge in [-0.25, -0.2) is 33.9 Å². The lowest BCUT2D eigenvalue weighted by atomic mass is 9.87. The van der Waals surface area contributed by atoms with E-state index in [1.807, 2.05) is 26.8 Å². The maximum Gasteiger partial charge on any atom is 0.410 e. The molecule has 0 radical (unpaired) electrons. The monoisotopic (exact) mass is 1470 g/mol. The van der Waals surface area contributed by atoms with Gasteiger partial charge in [-0.1, -0.05) is 117 Å². The van der Waals surface area contributed by atoms with Crippen LogP contribution < -0.4 is 30.2 Å². The minimum Gasteiger partial charge on any atom is -0.491 e. The summed E-state index contributed by atoms with van der Waals surface area (Å²) in [6, 6.07) is 29.7. The first kappa shape index (κ1) is 77.5. The molecule has 0 saturated carbocycles. The number of hydrogen-bond acceptors (Lipinski definition) is 18. The highest BCUT2D eigenvalue weighted by atomic mass is 35.5. The molecule has 3 aromatic heterocycles. The van der Waals surface area contributed by atoms with Gasteiger partial charge in [0.05, 0.1) is 27.9 Å². The molecule has 1 fully saturated rings. The molecule has 0 bridgehead atoms. The Morgan fingerprint density at radius 3 is 2.19 bits per heavy atom. The first-order valence-corrected chi connectivity index (χ1v) is 36.4. The van der Waals surface area contributed by atoms with Crippen LogP contribution in [0.5, 0.6) is 17.4 Å². The summed E-state index contributed by atoms with van der Waals surface area (Å²) in [6.45, 7) is 17.5. The van der Waals surface area contributed by atoms with Crippen LogP contribution in [0.15, 0.2) is 133 Å². The van der Waals surface area contributed by atoms with Crippen molar-refractivity contribution in [2.24, 2.45) is 16.4 Å². The number of aliphatic carboxylic acids is 1. The van der Waals surface area contributed by atoms with Gasteiger partial charge in [0.25, 0.3) is 0 Å². The first-order valence-electron chi connectivity index (χ1n) is 33.4. The number of para-hydroxylation sites is 1. The topological polar surface area (TPSA) is 352 Å². The molecule has 0 spiro atoms. The summed E-state index contributed by atoms with van der Waals surface area (Å²) in [7, 11) is -4.26.